The summed E-state index contributed by atoms with van der Waals surface area (Å²) in [7, 11) is 0. The van der Waals surface area contributed by atoms with E-state index in [4.69, 9.17) is 30.5 Å². The first-order valence-electron chi connectivity index (χ1n) is 9.37. The van der Waals surface area contributed by atoms with Crippen LogP contribution in [0.25, 0.3) is 0 Å². The van der Waals surface area contributed by atoms with E-state index in [-0.39, 0.29) is 12.5 Å². The molecule has 154 valence electrons. The Balaban J connectivity index is 1.55. The third-order valence-corrected chi connectivity index (χ3v) is 5.20. The van der Waals surface area contributed by atoms with Gasteiger partial charge in [0.2, 0.25) is 12.2 Å². The third kappa shape index (κ3) is 4.39. The lowest BCUT2D eigenvalue weighted by molar-refractivity contribution is -0.333. The molecule has 8 heteroatoms. The molecule has 6 atom stereocenters. The van der Waals surface area contributed by atoms with E-state index < -0.39 is 36.9 Å². The number of hydrogen-bond acceptors (Lipinski definition) is 6. The van der Waals surface area contributed by atoms with Crippen molar-refractivity contribution in [2.45, 2.75) is 43.9 Å². The summed E-state index contributed by atoms with van der Waals surface area (Å²) in [6.07, 6.45) is -3.93. The summed E-state index contributed by atoms with van der Waals surface area (Å²) in [5, 5.41) is 14.1. The van der Waals surface area contributed by atoms with Crippen LogP contribution in [0.1, 0.15) is 18.8 Å². The molecule has 2 aliphatic rings. The maximum atomic E-state index is 11.7. The number of hydrogen-bond donors (Lipinski definition) is 2. The molecule has 4 rings (SSSR count). The fraction of sp³-hybridized carbons (Fsp3) is 0.381. The zero-order chi connectivity index (χ0) is 20.4. The molecule has 29 heavy (non-hydrogen) atoms. The molecule has 1 amide bonds. The molecule has 0 radical (unpaired) electrons. The average Bonchev–Trinajstić information content (AvgIpc) is 2.73. The Morgan fingerprint density at radius 1 is 1.14 bits per heavy atom. The van der Waals surface area contributed by atoms with Crippen LogP contribution in [-0.2, 0) is 19.0 Å². The molecule has 0 unspecified atom stereocenters. The number of para-hydroxylation sites is 1. The van der Waals surface area contributed by atoms with Crippen molar-refractivity contribution in [3.05, 3.63) is 65.2 Å². The summed E-state index contributed by atoms with van der Waals surface area (Å²) in [6, 6.07) is 15.5. The standard InChI is InChI=1S/C21H22ClNO6/c1-12(24)23-17-18(25)19-16(11-26-20(29-19)13-7-3-2-4-8-13)28-21(17)27-15-10-6-5-9-14(15)22/h2-10,16-21,25H,11H2,1H3,(H,23,24)/t16-,17+,18-,19+,20-,21-/m1/s1. The van der Waals surface area contributed by atoms with Crippen molar-refractivity contribution < 1.29 is 28.8 Å². The van der Waals surface area contributed by atoms with Crippen LogP contribution in [-0.4, -0.2) is 48.3 Å². The first-order valence-corrected chi connectivity index (χ1v) is 9.74. The molecular formula is C21H22ClNO6. The molecular weight excluding hydrogens is 398 g/mol. The molecule has 0 aliphatic carbocycles. The van der Waals surface area contributed by atoms with Gasteiger partial charge in [0.25, 0.3) is 0 Å². The molecule has 7 nitrogen and oxygen atoms in total. The Morgan fingerprint density at radius 2 is 1.86 bits per heavy atom. The maximum absolute atomic E-state index is 11.7. The van der Waals surface area contributed by atoms with Crippen LogP contribution >= 0.6 is 11.6 Å². The first-order chi connectivity index (χ1) is 14.0. The van der Waals surface area contributed by atoms with Gasteiger partial charge >= 0.3 is 0 Å². The lowest BCUT2D eigenvalue weighted by Crippen LogP contribution is -2.67. The normalized spacial score (nSPS) is 31.6. The van der Waals surface area contributed by atoms with Crippen LogP contribution in [0.4, 0.5) is 0 Å². The lowest BCUT2D eigenvalue weighted by Gasteiger charge is -2.47. The number of carbonyl (C=O) groups excluding carboxylic acids is 1. The fourth-order valence-electron chi connectivity index (χ4n) is 3.53. The molecule has 0 spiro atoms. The monoisotopic (exact) mass is 419 g/mol. The van der Waals surface area contributed by atoms with E-state index in [9.17, 15) is 9.90 Å². The number of halogens is 1. The number of ether oxygens (including phenoxy) is 4. The largest absolute Gasteiger partial charge is 0.461 e. The van der Waals surface area contributed by atoms with E-state index in [1.807, 2.05) is 30.3 Å². The van der Waals surface area contributed by atoms with Gasteiger partial charge in [-0.1, -0.05) is 54.1 Å². The SMILES string of the molecule is CC(=O)N[C@@H]1[C@H](Oc2ccccc2Cl)O[C@@H]2CO[C@@H](c3ccccc3)O[C@@H]2[C@@H]1O. The highest BCUT2D eigenvalue weighted by Crippen LogP contribution is 2.35. The van der Waals surface area contributed by atoms with Crippen molar-refractivity contribution in [3.63, 3.8) is 0 Å². The van der Waals surface area contributed by atoms with E-state index in [0.29, 0.717) is 10.8 Å². The van der Waals surface area contributed by atoms with Crippen LogP contribution in [0.2, 0.25) is 5.02 Å². The summed E-state index contributed by atoms with van der Waals surface area (Å²) in [5.41, 5.74) is 0.837. The summed E-state index contributed by atoms with van der Waals surface area (Å²) >= 11 is 6.18. The Morgan fingerprint density at radius 3 is 2.59 bits per heavy atom. The quantitative estimate of drug-likeness (QED) is 0.791. The number of aliphatic hydroxyl groups is 1. The summed E-state index contributed by atoms with van der Waals surface area (Å²) in [6.45, 7) is 1.57. The first kappa shape index (κ1) is 20.1. The zero-order valence-electron chi connectivity index (χ0n) is 15.7. The second kappa shape index (κ2) is 8.69. The van der Waals surface area contributed by atoms with Crippen molar-refractivity contribution in [2.24, 2.45) is 0 Å². The highest BCUT2D eigenvalue weighted by molar-refractivity contribution is 6.32. The number of aliphatic hydroxyl groups excluding tert-OH is 1. The van der Waals surface area contributed by atoms with Gasteiger partial charge in [0, 0.05) is 12.5 Å². The minimum atomic E-state index is -1.07. The van der Waals surface area contributed by atoms with Gasteiger partial charge in [-0.2, -0.15) is 0 Å². The van der Waals surface area contributed by atoms with Gasteiger partial charge in [-0.05, 0) is 12.1 Å². The van der Waals surface area contributed by atoms with Crippen LogP contribution in [0.15, 0.2) is 54.6 Å². The highest BCUT2D eigenvalue weighted by Gasteiger charge is 2.50. The molecule has 2 saturated heterocycles. The molecule has 0 bridgehead atoms. The minimum absolute atomic E-state index is 0.205. The molecule has 2 aromatic carbocycles. The van der Waals surface area contributed by atoms with Crippen molar-refractivity contribution in [1.29, 1.82) is 0 Å². The van der Waals surface area contributed by atoms with Gasteiger partial charge in [-0.25, -0.2) is 0 Å². The second-order valence-corrected chi connectivity index (χ2v) is 7.39. The number of fused-ring (bicyclic) bond motifs is 1. The Labute approximate surface area is 173 Å². The number of rotatable bonds is 4. The number of amides is 1. The predicted octanol–water partition coefficient (Wildman–Crippen LogP) is 2.42. The summed E-state index contributed by atoms with van der Waals surface area (Å²) < 4.78 is 23.7. The maximum Gasteiger partial charge on any atom is 0.223 e. The van der Waals surface area contributed by atoms with Crippen molar-refractivity contribution in [2.75, 3.05) is 6.61 Å². The molecule has 2 fully saturated rings. The van der Waals surface area contributed by atoms with Gasteiger partial charge in [0.05, 0.1) is 11.6 Å². The Hall–Kier alpha value is -2.16. The van der Waals surface area contributed by atoms with Crippen molar-refractivity contribution in [1.82, 2.24) is 5.32 Å². The van der Waals surface area contributed by atoms with Crippen molar-refractivity contribution >= 4 is 17.5 Å². The van der Waals surface area contributed by atoms with E-state index in [1.54, 1.807) is 24.3 Å². The molecule has 0 aromatic heterocycles. The van der Waals surface area contributed by atoms with Crippen LogP contribution < -0.4 is 10.1 Å². The van der Waals surface area contributed by atoms with Crippen LogP contribution in [0.3, 0.4) is 0 Å². The summed E-state index contributed by atoms with van der Waals surface area (Å²) in [4.78, 5) is 11.7. The van der Waals surface area contributed by atoms with Gasteiger partial charge < -0.3 is 29.4 Å². The third-order valence-electron chi connectivity index (χ3n) is 4.89. The van der Waals surface area contributed by atoms with Gasteiger partial charge in [0.15, 0.2) is 6.29 Å². The molecule has 2 aromatic rings. The van der Waals surface area contributed by atoms with Gasteiger partial charge in [0.1, 0.15) is 30.1 Å². The molecule has 2 heterocycles. The number of benzene rings is 2. The smallest absolute Gasteiger partial charge is 0.223 e. The molecule has 2 N–H and O–H groups in total. The van der Waals surface area contributed by atoms with E-state index in [2.05, 4.69) is 5.32 Å². The topological polar surface area (TPSA) is 86.3 Å². The van der Waals surface area contributed by atoms with E-state index in [0.717, 1.165) is 5.56 Å². The molecule has 0 saturated carbocycles. The van der Waals surface area contributed by atoms with Crippen LogP contribution in [0.5, 0.6) is 5.75 Å². The van der Waals surface area contributed by atoms with E-state index in [1.165, 1.54) is 6.92 Å². The Kier molecular flexibility index (Phi) is 6.03. The second-order valence-electron chi connectivity index (χ2n) is 6.98. The minimum Gasteiger partial charge on any atom is -0.461 e. The van der Waals surface area contributed by atoms with Gasteiger partial charge in [-0.15, -0.1) is 0 Å². The number of carbonyl (C=O) groups is 1. The van der Waals surface area contributed by atoms with Gasteiger partial charge in [-0.3, -0.25) is 4.79 Å². The zero-order valence-corrected chi connectivity index (χ0v) is 16.5. The van der Waals surface area contributed by atoms with Crippen LogP contribution in [0, 0.1) is 0 Å². The van der Waals surface area contributed by atoms with E-state index >= 15 is 0 Å². The average molecular weight is 420 g/mol. The summed E-state index contributed by atoms with van der Waals surface area (Å²) in [5.74, 6) is 0.0653. The molecule has 2 aliphatic heterocycles. The lowest BCUT2D eigenvalue weighted by atomic mass is 9.95. The van der Waals surface area contributed by atoms with Crippen molar-refractivity contribution in [3.8, 4) is 5.75 Å². The number of nitrogens with one attached hydrogen (secondary N) is 1. The fourth-order valence-corrected chi connectivity index (χ4v) is 3.71. The highest BCUT2D eigenvalue weighted by atomic mass is 35.5. The Bertz CT molecular complexity index is 850. The predicted molar refractivity (Wildman–Crippen MR) is 104 cm³/mol.